The molecule has 122 valence electrons. The molecule has 0 fully saturated rings. The zero-order chi connectivity index (χ0) is 17.1. The van der Waals surface area contributed by atoms with Crippen molar-refractivity contribution in [3.63, 3.8) is 0 Å². The molecule has 0 unspecified atom stereocenters. The molecule has 1 aromatic carbocycles. The van der Waals surface area contributed by atoms with E-state index in [0.717, 1.165) is 0 Å². The van der Waals surface area contributed by atoms with Gasteiger partial charge in [-0.15, -0.1) is 0 Å². The molecule has 0 bridgehead atoms. The van der Waals surface area contributed by atoms with Crippen LogP contribution >= 0.6 is 0 Å². The maximum atomic E-state index is 11.5. The van der Waals surface area contributed by atoms with Crippen LogP contribution < -0.4 is 10.5 Å². The van der Waals surface area contributed by atoms with Gasteiger partial charge in [-0.3, -0.25) is 14.3 Å². The predicted molar refractivity (Wildman–Crippen MR) is 82.3 cm³/mol. The average Bonchev–Trinajstić information content (AvgIpc) is 2.91. The summed E-state index contributed by atoms with van der Waals surface area (Å²) < 4.78 is 6.80. The maximum Gasteiger partial charge on any atom is 0.325 e. The van der Waals surface area contributed by atoms with Crippen LogP contribution in [-0.2, 0) is 17.9 Å². The highest BCUT2D eigenvalue weighted by atomic mass is 16.5. The number of aromatic nitrogens is 4. The second-order valence-corrected chi connectivity index (χ2v) is 4.90. The lowest BCUT2D eigenvalue weighted by molar-refractivity contribution is -0.137. The van der Waals surface area contributed by atoms with E-state index in [9.17, 15) is 9.59 Å². The van der Waals surface area contributed by atoms with Crippen molar-refractivity contribution < 1.29 is 19.4 Å². The van der Waals surface area contributed by atoms with Gasteiger partial charge in [0.05, 0.1) is 5.52 Å². The van der Waals surface area contributed by atoms with Crippen LogP contribution in [0.4, 0.5) is 0 Å². The first-order valence-electron chi connectivity index (χ1n) is 6.95. The zero-order valence-electron chi connectivity index (χ0n) is 12.4. The first-order valence-corrected chi connectivity index (χ1v) is 6.95. The molecule has 0 aliphatic carbocycles. The van der Waals surface area contributed by atoms with Crippen molar-refractivity contribution in [1.29, 1.82) is 0 Å². The number of nitrogens with zero attached hydrogens (tertiary/aromatic N) is 4. The molecule has 0 atom stereocenters. The van der Waals surface area contributed by atoms with Crippen LogP contribution in [0.15, 0.2) is 36.7 Å². The molecule has 9 heteroatoms. The second-order valence-electron chi connectivity index (χ2n) is 4.90. The number of carboxylic acid groups (broad SMARTS) is 1. The summed E-state index contributed by atoms with van der Waals surface area (Å²) in [4.78, 5) is 30.5. The first kappa shape index (κ1) is 15.4. The van der Waals surface area contributed by atoms with Crippen molar-refractivity contribution in [3.8, 4) is 5.75 Å². The van der Waals surface area contributed by atoms with Crippen molar-refractivity contribution in [2.45, 2.75) is 13.2 Å². The number of amides is 1. The number of benzene rings is 1. The Balaban J connectivity index is 1.93. The Labute approximate surface area is 135 Å². The molecule has 0 aliphatic heterocycles. The number of carbonyl (C=O) groups is 2. The van der Waals surface area contributed by atoms with Crippen LogP contribution in [0.2, 0.25) is 0 Å². The third-order valence-corrected chi connectivity index (χ3v) is 3.23. The number of aliphatic carboxylic acids is 1. The highest BCUT2D eigenvalue weighted by molar-refractivity contribution is 6.04. The SMILES string of the molecule is NC(=O)c1nn(CC(=O)O)c2ccc(OCc3ncccn3)cc12. The van der Waals surface area contributed by atoms with E-state index >= 15 is 0 Å². The summed E-state index contributed by atoms with van der Waals surface area (Å²) in [6.45, 7) is -0.219. The van der Waals surface area contributed by atoms with Crippen LogP contribution in [0, 0.1) is 0 Å². The molecular formula is C15H13N5O4. The van der Waals surface area contributed by atoms with E-state index in [1.54, 1.807) is 36.7 Å². The number of fused-ring (bicyclic) bond motifs is 1. The van der Waals surface area contributed by atoms with Gasteiger partial charge in [-0.05, 0) is 24.3 Å². The molecule has 2 aromatic heterocycles. The van der Waals surface area contributed by atoms with Crippen molar-refractivity contribution in [3.05, 3.63) is 48.2 Å². The van der Waals surface area contributed by atoms with Gasteiger partial charge in [0.2, 0.25) is 0 Å². The Hall–Kier alpha value is -3.49. The van der Waals surface area contributed by atoms with Gasteiger partial charge in [0, 0.05) is 17.8 Å². The van der Waals surface area contributed by atoms with E-state index in [1.807, 2.05) is 0 Å². The molecule has 2 heterocycles. The molecule has 9 nitrogen and oxygen atoms in total. The van der Waals surface area contributed by atoms with E-state index in [0.29, 0.717) is 22.5 Å². The number of carboxylic acids is 1. The number of ether oxygens (including phenoxy) is 1. The number of carbonyl (C=O) groups excluding carboxylic acids is 1. The fraction of sp³-hybridized carbons (Fsp3) is 0.133. The highest BCUT2D eigenvalue weighted by Crippen LogP contribution is 2.24. The quantitative estimate of drug-likeness (QED) is 0.676. The Morgan fingerprint density at radius 2 is 2.00 bits per heavy atom. The van der Waals surface area contributed by atoms with E-state index in [4.69, 9.17) is 15.6 Å². The van der Waals surface area contributed by atoms with Gasteiger partial charge in [-0.2, -0.15) is 5.10 Å². The number of hydrogen-bond acceptors (Lipinski definition) is 6. The van der Waals surface area contributed by atoms with Crippen molar-refractivity contribution in [2.75, 3.05) is 0 Å². The van der Waals surface area contributed by atoms with Gasteiger partial charge in [0.15, 0.2) is 11.5 Å². The minimum absolute atomic E-state index is 0.00680. The normalized spacial score (nSPS) is 10.7. The maximum absolute atomic E-state index is 11.5. The van der Waals surface area contributed by atoms with Crippen molar-refractivity contribution in [2.24, 2.45) is 5.73 Å². The smallest absolute Gasteiger partial charge is 0.325 e. The number of rotatable bonds is 6. The molecule has 3 N–H and O–H groups in total. The van der Waals surface area contributed by atoms with E-state index in [-0.39, 0.29) is 18.8 Å². The van der Waals surface area contributed by atoms with E-state index < -0.39 is 11.9 Å². The Bertz CT molecular complexity index is 907. The third kappa shape index (κ3) is 3.14. The fourth-order valence-corrected chi connectivity index (χ4v) is 2.23. The van der Waals surface area contributed by atoms with Gasteiger partial charge in [0.25, 0.3) is 5.91 Å². The number of hydrogen-bond donors (Lipinski definition) is 2. The summed E-state index contributed by atoms with van der Waals surface area (Å²) in [5.41, 5.74) is 5.79. The summed E-state index contributed by atoms with van der Waals surface area (Å²) >= 11 is 0. The molecule has 0 radical (unpaired) electrons. The Morgan fingerprint density at radius 1 is 1.25 bits per heavy atom. The van der Waals surface area contributed by atoms with Crippen LogP contribution in [0.1, 0.15) is 16.3 Å². The molecule has 3 rings (SSSR count). The number of nitrogens with two attached hydrogens (primary N) is 1. The molecule has 0 saturated heterocycles. The summed E-state index contributed by atoms with van der Waals surface area (Å²) in [7, 11) is 0. The van der Waals surface area contributed by atoms with E-state index in [2.05, 4.69) is 15.1 Å². The monoisotopic (exact) mass is 327 g/mol. The first-order chi connectivity index (χ1) is 11.5. The van der Waals surface area contributed by atoms with Crippen LogP contribution in [0.3, 0.4) is 0 Å². The lowest BCUT2D eigenvalue weighted by atomic mass is 10.2. The minimum Gasteiger partial charge on any atom is -0.486 e. The molecule has 3 aromatic rings. The summed E-state index contributed by atoms with van der Waals surface area (Å²) in [5.74, 6) is -0.841. The average molecular weight is 327 g/mol. The predicted octanol–water partition coefficient (Wildman–Crippen LogP) is 0.589. The molecule has 0 spiro atoms. The van der Waals surface area contributed by atoms with Crippen molar-refractivity contribution in [1.82, 2.24) is 19.7 Å². The van der Waals surface area contributed by atoms with Gasteiger partial charge >= 0.3 is 5.97 Å². The van der Waals surface area contributed by atoms with E-state index in [1.165, 1.54) is 4.68 Å². The van der Waals surface area contributed by atoms with Gasteiger partial charge < -0.3 is 15.6 Å². The molecule has 1 amide bonds. The Morgan fingerprint density at radius 3 is 2.67 bits per heavy atom. The fourth-order valence-electron chi connectivity index (χ4n) is 2.23. The molecular weight excluding hydrogens is 314 g/mol. The third-order valence-electron chi connectivity index (χ3n) is 3.23. The topological polar surface area (TPSA) is 133 Å². The van der Waals surface area contributed by atoms with Gasteiger partial charge in [-0.1, -0.05) is 0 Å². The highest BCUT2D eigenvalue weighted by Gasteiger charge is 2.17. The van der Waals surface area contributed by atoms with Crippen molar-refractivity contribution >= 4 is 22.8 Å². The minimum atomic E-state index is -1.07. The summed E-state index contributed by atoms with van der Waals surface area (Å²) in [6, 6.07) is 6.56. The van der Waals surface area contributed by atoms with Crippen LogP contribution in [0.25, 0.3) is 10.9 Å². The molecule has 0 aliphatic rings. The Kier molecular flexibility index (Phi) is 4.06. The van der Waals surface area contributed by atoms with Crippen LogP contribution in [-0.4, -0.2) is 36.7 Å². The largest absolute Gasteiger partial charge is 0.486 e. The van der Waals surface area contributed by atoms with Gasteiger partial charge in [-0.25, -0.2) is 9.97 Å². The molecule has 24 heavy (non-hydrogen) atoms. The second kappa shape index (κ2) is 6.32. The number of primary amides is 1. The summed E-state index contributed by atoms with van der Waals surface area (Å²) in [5, 5.41) is 13.3. The lowest BCUT2D eigenvalue weighted by Crippen LogP contribution is -2.14. The van der Waals surface area contributed by atoms with Crippen LogP contribution in [0.5, 0.6) is 5.75 Å². The zero-order valence-corrected chi connectivity index (χ0v) is 12.4. The summed E-state index contributed by atoms with van der Waals surface area (Å²) in [6.07, 6.45) is 3.21. The molecule has 0 saturated carbocycles. The van der Waals surface area contributed by atoms with Gasteiger partial charge in [0.1, 0.15) is 18.9 Å². The standard InChI is InChI=1S/C15H13N5O4/c16-15(23)14-10-6-9(24-8-12-17-4-1-5-18-12)2-3-11(10)20(19-14)7-13(21)22/h1-6H,7-8H2,(H2,16,23)(H,21,22). The lowest BCUT2D eigenvalue weighted by Gasteiger charge is -2.05.